The van der Waals surface area contributed by atoms with E-state index in [2.05, 4.69) is 0 Å². The number of carbonyl (C=O) groups is 1. The number of ether oxygens (including phenoxy) is 1. The molecule has 0 N–H and O–H groups in total. The van der Waals surface area contributed by atoms with Gasteiger partial charge in [0.25, 0.3) is 5.92 Å². The van der Waals surface area contributed by atoms with Crippen molar-refractivity contribution >= 4 is 6.29 Å². The molecule has 0 saturated carbocycles. The third-order valence-electron chi connectivity index (χ3n) is 3.51. The van der Waals surface area contributed by atoms with Crippen LogP contribution in [0.15, 0.2) is 24.3 Å². The first-order valence-electron chi connectivity index (χ1n) is 6.85. The summed E-state index contributed by atoms with van der Waals surface area (Å²) in [7, 11) is 0. The van der Waals surface area contributed by atoms with Gasteiger partial charge in [0.2, 0.25) is 0 Å². The summed E-state index contributed by atoms with van der Waals surface area (Å²) >= 11 is 0. The molecule has 0 radical (unpaired) electrons. The van der Waals surface area contributed by atoms with Gasteiger partial charge in [-0.3, -0.25) is 4.90 Å². The number of piperidine rings is 1. The van der Waals surface area contributed by atoms with Crippen LogP contribution >= 0.6 is 0 Å². The summed E-state index contributed by atoms with van der Waals surface area (Å²) in [4.78, 5) is 12.4. The lowest BCUT2D eigenvalue weighted by atomic mass is 10.1. The molecule has 1 aromatic rings. The first-order chi connectivity index (χ1) is 9.59. The van der Waals surface area contributed by atoms with Crippen molar-refractivity contribution in [2.75, 3.05) is 26.2 Å². The van der Waals surface area contributed by atoms with Gasteiger partial charge in [-0.2, -0.15) is 0 Å². The SMILES string of the molecule is O=CCc1ccc(OCCN2CCC(F)(F)CC2)cc1. The Kier molecular flexibility index (Phi) is 5.06. The zero-order chi connectivity index (χ0) is 14.4. The highest BCUT2D eigenvalue weighted by Gasteiger charge is 2.33. The number of aldehydes is 1. The molecule has 0 aromatic heterocycles. The molecule has 0 amide bonds. The molecule has 0 bridgehead atoms. The maximum atomic E-state index is 13.0. The predicted molar refractivity (Wildman–Crippen MR) is 72.3 cm³/mol. The summed E-state index contributed by atoms with van der Waals surface area (Å²) in [5.74, 6) is -1.76. The average molecular weight is 283 g/mol. The standard InChI is InChI=1S/C15H19F2NO2/c16-15(17)6-8-18(9-7-15)10-12-20-14-3-1-13(2-4-14)5-11-19/h1-4,11H,5-10,12H2. The van der Waals surface area contributed by atoms with Crippen LogP contribution in [0.5, 0.6) is 5.75 Å². The largest absolute Gasteiger partial charge is 0.492 e. The quantitative estimate of drug-likeness (QED) is 0.751. The van der Waals surface area contributed by atoms with E-state index >= 15 is 0 Å². The summed E-state index contributed by atoms with van der Waals surface area (Å²) in [5, 5.41) is 0. The topological polar surface area (TPSA) is 29.5 Å². The molecule has 0 spiro atoms. The second-order valence-electron chi connectivity index (χ2n) is 5.06. The van der Waals surface area contributed by atoms with Crippen LogP contribution in [0.1, 0.15) is 18.4 Å². The van der Waals surface area contributed by atoms with Crippen molar-refractivity contribution in [3.8, 4) is 5.75 Å². The Morgan fingerprint density at radius 3 is 2.45 bits per heavy atom. The van der Waals surface area contributed by atoms with Gasteiger partial charge >= 0.3 is 0 Å². The lowest BCUT2D eigenvalue weighted by Gasteiger charge is -2.31. The molecule has 1 fully saturated rings. The Morgan fingerprint density at radius 1 is 1.20 bits per heavy atom. The normalized spacial score (nSPS) is 18.7. The van der Waals surface area contributed by atoms with Crippen LogP contribution in [0.2, 0.25) is 0 Å². The van der Waals surface area contributed by atoms with Gasteiger partial charge in [-0.25, -0.2) is 8.78 Å². The molecule has 0 aliphatic carbocycles. The van der Waals surface area contributed by atoms with Crippen LogP contribution in [-0.4, -0.2) is 43.3 Å². The van der Waals surface area contributed by atoms with Gasteiger partial charge in [0.15, 0.2) is 0 Å². The summed E-state index contributed by atoms with van der Waals surface area (Å²) < 4.78 is 31.5. The fourth-order valence-corrected chi connectivity index (χ4v) is 2.21. The van der Waals surface area contributed by atoms with Crippen molar-refractivity contribution in [1.82, 2.24) is 4.90 Å². The highest BCUT2D eigenvalue weighted by molar-refractivity contribution is 5.55. The minimum absolute atomic E-state index is 0.0621. The zero-order valence-electron chi connectivity index (χ0n) is 11.4. The first kappa shape index (κ1) is 14.9. The lowest BCUT2D eigenvalue weighted by molar-refractivity contribution is -0.107. The highest BCUT2D eigenvalue weighted by atomic mass is 19.3. The minimum atomic E-state index is -2.49. The van der Waals surface area contributed by atoms with E-state index in [1.54, 1.807) is 0 Å². The van der Waals surface area contributed by atoms with Crippen LogP contribution in [0.3, 0.4) is 0 Å². The van der Waals surface area contributed by atoms with Gasteiger partial charge < -0.3 is 9.53 Å². The molecule has 1 aliphatic heterocycles. The molecule has 1 saturated heterocycles. The first-order valence-corrected chi connectivity index (χ1v) is 6.85. The maximum absolute atomic E-state index is 13.0. The number of rotatable bonds is 6. The lowest BCUT2D eigenvalue weighted by Crippen LogP contribution is -2.41. The van der Waals surface area contributed by atoms with E-state index in [0.717, 1.165) is 17.6 Å². The molecule has 0 atom stereocenters. The summed E-state index contributed by atoms with van der Waals surface area (Å²) in [5.41, 5.74) is 0.950. The van der Waals surface area contributed by atoms with Gasteiger partial charge in [-0.05, 0) is 17.7 Å². The maximum Gasteiger partial charge on any atom is 0.250 e. The van der Waals surface area contributed by atoms with E-state index in [4.69, 9.17) is 4.74 Å². The van der Waals surface area contributed by atoms with Crippen LogP contribution < -0.4 is 4.74 Å². The number of benzene rings is 1. The summed E-state index contributed by atoms with van der Waals surface area (Å²) in [6.07, 6.45) is 1.14. The Balaban J connectivity index is 1.69. The van der Waals surface area contributed by atoms with Gasteiger partial charge in [-0.1, -0.05) is 12.1 Å². The Hall–Kier alpha value is -1.49. The van der Waals surface area contributed by atoms with Gasteiger partial charge in [0, 0.05) is 38.9 Å². The molecule has 20 heavy (non-hydrogen) atoms. The van der Waals surface area contributed by atoms with E-state index in [9.17, 15) is 13.6 Å². The van der Waals surface area contributed by atoms with Crippen LogP contribution in [0, 0.1) is 0 Å². The molecular formula is C15H19F2NO2. The molecule has 1 aliphatic rings. The third-order valence-corrected chi connectivity index (χ3v) is 3.51. The molecule has 110 valence electrons. The average Bonchev–Trinajstić information content (AvgIpc) is 2.43. The van der Waals surface area contributed by atoms with E-state index in [1.807, 2.05) is 29.2 Å². The van der Waals surface area contributed by atoms with Gasteiger partial charge in [0.05, 0.1) is 0 Å². The van der Waals surface area contributed by atoms with E-state index in [1.165, 1.54) is 0 Å². The Labute approximate surface area is 117 Å². The van der Waals surface area contributed by atoms with E-state index in [-0.39, 0.29) is 12.8 Å². The van der Waals surface area contributed by atoms with Crippen LogP contribution in [-0.2, 0) is 11.2 Å². The minimum Gasteiger partial charge on any atom is -0.492 e. The van der Waals surface area contributed by atoms with Crippen molar-refractivity contribution in [2.24, 2.45) is 0 Å². The second-order valence-corrected chi connectivity index (χ2v) is 5.06. The number of likely N-dealkylation sites (tertiary alicyclic amines) is 1. The zero-order valence-corrected chi connectivity index (χ0v) is 11.4. The molecular weight excluding hydrogens is 264 g/mol. The van der Waals surface area contributed by atoms with Crippen molar-refractivity contribution in [3.63, 3.8) is 0 Å². The molecule has 1 aromatic carbocycles. The number of carbonyl (C=O) groups excluding carboxylic acids is 1. The third kappa shape index (κ3) is 4.56. The van der Waals surface area contributed by atoms with Crippen molar-refractivity contribution in [1.29, 1.82) is 0 Å². The van der Waals surface area contributed by atoms with Crippen LogP contribution in [0.25, 0.3) is 0 Å². The number of hydrogen-bond acceptors (Lipinski definition) is 3. The smallest absolute Gasteiger partial charge is 0.250 e. The monoisotopic (exact) mass is 283 g/mol. The molecule has 5 heteroatoms. The van der Waals surface area contributed by atoms with E-state index in [0.29, 0.717) is 32.7 Å². The molecule has 3 nitrogen and oxygen atoms in total. The van der Waals surface area contributed by atoms with Gasteiger partial charge in [0.1, 0.15) is 18.6 Å². The molecule has 2 rings (SSSR count). The fourth-order valence-electron chi connectivity index (χ4n) is 2.21. The highest BCUT2D eigenvalue weighted by Crippen LogP contribution is 2.27. The molecule has 1 heterocycles. The Morgan fingerprint density at radius 2 is 1.85 bits per heavy atom. The van der Waals surface area contributed by atoms with Crippen molar-refractivity contribution in [3.05, 3.63) is 29.8 Å². The summed E-state index contributed by atoms with van der Waals surface area (Å²) in [6.45, 7) is 1.99. The second kappa shape index (κ2) is 6.79. The van der Waals surface area contributed by atoms with Gasteiger partial charge in [-0.15, -0.1) is 0 Å². The Bertz CT molecular complexity index is 424. The van der Waals surface area contributed by atoms with Crippen molar-refractivity contribution in [2.45, 2.75) is 25.2 Å². The fraction of sp³-hybridized carbons (Fsp3) is 0.533. The summed E-state index contributed by atoms with van der Waals surface area (Å²) in [6, 6.07) is 7.35. The van der Waals surface area contributed by atoms with Crippen LogP contribution in [0.4, 0.5) is 8.78 Å². The number of halogens is 2. The number of hydrogen-bond donors (Lipinski definition) is 0. The molecule has 0 unspecified atom stereocenters. The number of nitrogens with zero attached hydrogens (tertiary/aromatic N) is 1. The number of alkyl halides is 2. The van der Waals surface area contributed by atoms with Crippen molar-refractivity contribution < 1.29 is 18.3 Å². The van der Waals surface area contributed by atoms with E-state index < -0.39 is 5.92 Å². The predicted octanol–water partition coefficient (Wildman–Crippen LogP) is 2.54.